The molecule has 0 radical (unpaired) electrons. The first-order valence-electron chi connectivity index (χ1n) is 9.44. The van der Waals surface area contributed by atoms with Crippen LogP contribution in [0, 0.1) is 6.92 Å². The number of allylic oxidation sites excluding steroid dienone is 1. The van der Waals surface area contributed by atoms with Gasteiger partial charge in [0.1, 0.15) is 10.8 Å². The molecule has 0 bridgehead atoms. The van der Waals surface area contributed by atoms with Gasteiger partial charge >= 0.3 is 0 Å². The summed E-state index contributed by atoms with van der Waals surface area (Å²) in [4.78, 5) is 4.80. The van der Waals surface area contributed by atoms with Crippen LogP contribution in [0.5, 0.6) is 0 Å². The van der Waals surface area contributed by atoms with Crippen molar-refractivity contribution in [3.05, 3.63) is 95.3 Å². The number of aromatic nitrogens is 4. The van der Waals surface area contributed by atoms with Gasteiger partial charge in [-0.15, -0.1) is 28.1 Å². The first-order chi connectivity index (χ1) is 14.2. The van der Waals surface area contributed by atoms with E-state index in [2.05, 4.69) is 70.0 Å². The van der Waals surface area contributed by atoms with Crippen molar-refractivity contribution in [1.29, 1.82) is 0 Å². The van der Waals surface area contributed by atoms with E-state index in [0.717, 1.165) is 39.4 Å². The Morgan fingerprint density at radius 1 is 1.07 bits per heavy atom. The second kappa shape index (κ2) is 9.20. The predicted octanol–water partition coefficient (Wildman–Crippen LogP) is 5.78. The van der Waals surface area contributed by atoms with Crippen LogP contribution in [0.25, 0.3) is 10.6 Å². The van der Waals surface area contributed by atoms with Crippen LogP contribution in [-0.4, -0.2) is 19.7 Å². The Kier molecular flexibility index (Phi) is 6.22. The predicted molar refractivity (Wildman–Crippen MR) is 121 cm³/mol. The summed E-state index contributed by atoms with van der Waals surface area (Å²) in [7, 11) is 0. The minimum absolute atomic E-state index is 0.698. The highest BCUT2D eigenvalue weighted by molar-refractivity contribution is 7.98. The first-order valence-corrected chi connectivity index (χ1v) is 11.3. The normalized spacial score (nSPS) is 10.9. The molecule has 0 N–H and O–H groups in total. The van der Waals surface area contributed by atoms with Crippen LogP contribution < -0.4 is 0 Å². The van der Waals surface area contributed by atoms with Gasteiger partial charge in [0.05, 0.1) is 5.69 Å². The molecule has 0 spiro atoms. The Bertz CT molecular complexity index is 1080. The minimum Gasteiger partial charge on any atom is -0.302 e. The van der Waals surface area contributed by atoms with Gasteiger partial charge in [-0.25, -0.2) is 4.98 Å². The highest BCUT2D eigenvalue weighted by atomic mass is 32.2. The second-order valence-corrected chi connectivity index (χ2v) is 8.56. The average Bonchev–Trinajstić information content (AvgIpc) is 3.36. The Morgan fingerprint density at radius 3 is 2.62 bits per heavy atom. The van der Waals surface area contributed by atoms with Gasteiger partial charge in [0.25, 0.3) is 0 Å². The smallest absolute Gasteiger partial charge is 0.191 e. The van der Waals surface area contributed by atoms with Gasteiger partial charge in [-0.05, 0) is 12.5 Å². The van der Waals surface area contributed by atoms with Crippen molar-refractivity contribution >= 4 is 23.1 Å². The molecule has 0 unspecified atom stereocenters. The maximum absolute atomic E-state index is 4.80. The number of thioether (sulfide) groups is 1. The molecule has 2 heterocycles. The van der Waals surface area contributed by atoms with Crippen LogP contribution in [0.2, 0.25) is 0 Å². The van der Waals surface area contributed by atoms with Crippen molar-refractivity contribution in [3.8, 4) is 10.6 Å². The quantitative estimate of drug-likeness (QED) is 0.269. The fourth-order valence-electron chi connectivity index (χ4n) is 2.99. The Hall–Kier alpha value is -2.70. The number of nitrogens with zero attached hydrogens (tertiary/aromatic N) is 4. The van der Waals surface area contributed by atoms with Crippen LogP contribution in [0.3, 0.4) is 0 Å². The molecule has 4 nitrogen and oxygen atoms in total. The summed E-state index contributed by atoms with van der Waals surface area (Å²) < 4.78 is 2.14. The summed E-state index contributed by atoms with van der Waals surface area (Å²) in [6.07, 6.45) is 2.65. The van der Waals surface area contributed by atoms with E-state index in [-0.39, 0.29) is 0 Å². The summed E-state index contributed by atoms with van der Waals surface area (Å²) >= 11 is 3.35. The maximum Gasteiger partial charge on any atom is 0.191 e. The largest absolute Gasteiger partial charge is 0.302 e. The number of thiazole rings is 1. The van der Waals surface area contributed by atoms with Crippen LogP contribution in [0.15, 0.2) is 77.8 Å². The van der Waals surface area contributed by atoms with Crippen molar-refractivity contribution in [2.24, 2.45) is 0 Å². The zero-order chi connectivity index (χ0) is 20.1. The standard InChI is InChI=1S/C23H22N4S2/c1-3-13-27-21(14-18-7-5-4-6-8-18)25-26-23(27)29-16-20-15-28-22(24-20)19-11-9-17(2)10-12-19/h3-12,15H,1,13-14,16H2,2H3. The van der Waals surface area contributed by atoms with E-state index in [0.29, 0.717) is 6.54 Å². The molecule has 0 fully saturated rings. The number of rotatable bonds is 8. The Morgan fingerprint density at radius 2 is 1.86 bits per heavy atom. The van der Waals surface area contributed by atoms with Crippen molar-refractivity contribution in [2.45, 2.75) is 30.8 Å². The number of hydrogen-bond acceptors (Lipinski definition) is 5. The number of benzene rings is 2. The fourth-order valence-corrected chi connectivity index (χ4v) is 4.78. The summed E-state index contributed by atoms with van der Waals surface area (Å²) in [6, 6.07) is 18.8. The first kappa shape index (κ1) is 19.6. The van der Waals surface area contributed by atoms with Crippen LogP contribution in [-0.2, 0) is 18.7 Å². The molecule has 0 saturated heterocycles. The molecule has 146 valence electrons. The van der Waals surface area contributed by atoms with Crippen molar-refractivity contribution in [3.63, 3.8) is 0 Å². The zero-order valence-electron chi connectivity index (χ0n) is 16.3. The lowest BCUT2D eigenvalue weighted by atomic mass is 10.1. The van der Waals surface area contributed by atoms with Crippen LogP contribution in [0.4, 0.5) is 0 Å². The van der Waals surface area contributed by atoms with Crippen molar-refractivity contribution in [1.82, 2.24) is 19.7 Å². The number of hydrogen-bond donors (Lipinski definition) is 0. The van der Waals surface area contributed by atoms with E-state index in [9.17, 15) is 0 Å². The van der Waals surface area contributed by atoms with Crippen LogP contribution >= 0.6 is 23.1 Å². The van der Waals surface area contributed by atoms with Gasteiger partial charge < -0.3 is 4.57 Å². The van der Waals surface area contributed by atoms with Crippen molar-refractivity contribution < 1.29 is 0 Å². The highest BCUT2D eigenvalue weighted by Gasteiger charge is 2.13. The molecule has 29 heavy (non-hydrogen) atoms. The molecule has 4 rings (SSSR count). The third-order valence-corrected chi connectivity index (χ3v) is 6.45. The van der Waals surface area contributed by atoms with E-state index in [1.54, 1.807) is 23.1 Å². The molecule has 4 aromatic rings. The summed E-state index contributed by atoms with van der Waals surface area (Å²) in [6.45, 7) is 6.68. The maximum atomic E-state index is 4.80. The molecule has 2 aromatic heterocycles. The van der Waals surface area contributed by atoms with Gasteiger partial charge in [-0.2, -0.15) is 0 Å². The summed E-state index contributed by atoms with van der Waals surface area (Å²) in [5, 5.41) is 12.9. The fraction of sp³-hybridized carbons (Fsp3) is 0.174. The van der Waals surface area contributed by atoms with E-state index >= 15 is 0 Å². The molecule has 0 aliphatic carbocycles. The van der Waals surface area contributed by atoms with E-state index in [4.69, 9.17) is 4.98 Å². The van der Waals surface area contributed by atoms with Gasteiger partial charge in [0, 0.05) is 29.7 Å². The molecular weight excluding hydrogens is 396 g/mol. The molecule has 0 atom stereocenters. The van der Waals surface area contributed by atoms with E-state index in [1.807, 2.05) is 24.3 Å². The molecule has 0 saturated carbocycles. The van der Waals surface area contributed by atoms with E-state index < -0.39 is 0 Å². The van der Waals surface area contributed by atoms with Crippen molar-refractivity contribution in [2.75, 3.05) is 0 Å². The van der Waals surface area contributed by atoms with Gasteiger partial charge in [-0.1, -0.05) is 78.0 Å². The lowest BCUT2D eigenvalue weighted by molar-refractivity contribution is 0.690. The van der Waals surface area contributed by atoms with Crippen LogP contribution in [0.1, 0.15) is 22.6 Å². The second-order valence-electron chi connectivity index (χ2n) is 6.76. The molecule has 0 aliphatic heterocycles. The SMILES string of the molecule is C=CCn1c(Cc2ccccc2)nnc1SCc1csc(-c2ccc(C)cc2)n1. The number of aryl methyl sites for hydroxylation is 1. The van der Waals surface area contributed by atoms with E-state index in [1.165, 1.54) is 11.1 Å². The minimum atomic E-state index is 0.698. The zero-order valence-corrected chi connectivity index (χ0v) is 17.9. The third-order valence-electron chi connectivity index (χ3n) is 4.51. The monoisotopic (exact) mass is 418 g/mol. The molecule has 2 aromatic carbocycles. The Labute approximate surface area is 179 Å². The molecule has 0 amide bonds. The lowest BCUT2D eigenvalue weighted by Gasteiger charge is -2.07. The average molecular weight is 419 g/mol. The lowest BCUT2D eigenvalue weighted by Crippen LogP contribution is -2.04. The Balaban J connectivity index is 1.47. The molecule has 6 heteroatoms. The summed E-state index contributed by atoms with van der Waals surface area (Å²) in [5.74, 6) is 1.72. The molecule has 0 aliphatic rings. The van der Waals surface area contributed by atoms with Gasteiger partial charge in [0.2, 0.25) is 0 Å². The third kappa shape index (κ3) is 4.83. The summed E-state index contributed by atoms with van der Waals surface area (Å²) in [5.41, 5.74) is 4.71. The molecular formula is C23H22N4S2. The van der Waals surface area contributed by atoms with Gasteiger partial charge in [-0.3, -0.25) is 0 Å². The topological polar surface area (TPSA) is 43.6 Å². The highest BCUT2D eigenvalue weighted by Crippen LogP contribution is 2.28. The van der Waals surface area contributed by atoms with Gasteiger partial charge in [0.15, 0.2) is 5.16 Å².